The number of thiazole rings is 1. The lowest BCUT2D eigenvalue weighted by Crippen LogP contribution is -2.25. The Morgan fingerprint density at radius 3 is 2.80 bits per heavy atom. The predicted molar refractivity (Wildman–Crippen MR) is 66.3 cm³/mol. The summed E-state index contributed by atoms with van der Waals surface area (Å²) in [5, 5.41) is 1.16. The predicted octanol–water partition coefficient (Wildman–Crippen LogP) is 3.14. The number of para-hydroxylation sites is 1. The van der Waals surface area contributed by atoms with E-state index in [1.165, 1.54) is 4.70 Å². The summed E-state index contributed by atoms with van der Waals surface area (Å²) in [7, 11) is 0. The highest BCUT2D eigenvalue weighted by molar-refractivity contribution is 7.18. The lowest BCUT2D eigenvalue weighted by molar-refractivity contribution is 0.550. The minimum atomic E-state index is 0.213. The number of benzene rings is 1. The summed E-state index contributed by atoms with van der Waals surface area (Å²) in [6.07, 6.45) is 0.997. The van der Waals surface area contributed by atoms with Crippen LogP contribution in [0.2, 0.25) is 0 Å². The molecule has 15 heavy (non-hydrogen) atoms. The molecule has 2 atom stereocenters. The average molecular weight is 220 g/mol. The summed E-state index contributed by atoms with van der Waals surface area (Å²) < 4.78 is 1.25. The zero-order chi connectivity index (χ0) is 10.8. The molecule has 2 rings (SSSR count). The van der Waals surface area contributed by atoms with Gasteiger partial charge in [-0.25, -0.2) is 4.98 Å². The number of nitrogens with two attached hydrogens (primary N) is 1. The summed E-state index contributed by atoms with van der Waals surface area (Å²) in [6, 6.07) is 8.45. The molecule has 2 unspecified atom stereocenters. The van der Waals surface area contributed by atoms with Crippen molar-refractivity contribution in [2.75, 3.05) is 0 Å². The molecular weight excluding hydrogens is 204 g/mol. The van der Waals surface area contributed by atoms with E-state index in [1.807, 2.05) is 6.07 Å². The largest absolute Gasteiger partial charge is 0.327 e. The Balaban J connectivity index is 2.36. The van der Waals surface area contributed by atoms with E-state index in [2.05, 4.69) is 37.0 Å². The highest BCUT2D eigenvalue weighted by Gasteiger charge is 2.16. The van der Waals surface area contributed by atoms with Crippen molar-refractivity contribution in [2.24, 2.45) is 5.73 Å². The molecule has 1 heterocycles. The smallest absolute Gasteiger partial charge is 0.0982 e. The molecular formula is C12H16N2S. The molecule has 0 radical (unpaired) electrons. The van der Waals surface area contributed by atoms with Gasteiger partial charge in [0, 0.05) is 12.0 Å². The van der Waals surface area contributed by atoms with Crippen LogP contribution in [0.5, 0.6) is 0 Å². The Labute approximate surface area is 94.1 Å². The van der Waals surface area contributed by atoms with Gasteiger partial charge in [-0.05, 0) is 18.6 Å². The molecule has 0 saturated heterocycles. The summed E-state index contributed by atoms with van der Waals surface area (Å²) >= 11 is 1.76. The van der Waals surface area contributed by atoms with Gasteiger partial charge in [-0.1, -0.05) is 26.0 Å². The first-order valence-corrected chi connectivity index (χ1v) is 6.15. The van der Waals surface area contributed by atoms with Crippen LogP contribution in [0.1, 0.15) is 31.2 Å². The van der Waals surface area contributed by atoms with Crippen LogP contribution >= 0.6 is 11.3 Å². The van der Waals surface area contributed by atoms with Gasteiger partial charge in [0.2, 0.25) is 0 Å². The second-order valence-electron chi connectivity index (χ2n) is 3.88. The van der Waals surface area contributed by atoms with Gasteiger partial charge < -0.3 is 5.73 Å². The molecule has 0 fully saturated rings. The van der Waals surface area contributed by atoms with Crippen LogP contribution in [0.25, 0.3) is 10.2 Å². The molecule has 3 heteroatoms. The van der Waals surface area contributed by atoms with E-state index in [0.717, 1.165) is 16.9 Å². The van der Waals surface area contributed by atoms with Crippen molar-refractivity contribution < 1.29 is 0 Å². The molecule has 0 aliphatic heterocycles. The zero-order valence-corrected chi connectivity index (χ0v) is 9.92. The van der Waals surface area contributed by atoms with E-state index < -0.39 is 0 Å². The minimum absolute atomic E-state index is 0.213. The normalized spacial score (nSPS) is 15.4. The molecule has 1 aromatic carbocycles. The van der Waals surface area contributed by atoms with Crippen molar-refractivity contribution in [3.8, 4) is 0 Å². The van der Waals surface area contributed by atoms with Crippen LogP contribution < -0.4 is 5.73 Å². The minimum Gasteiger partial charge on any atom is -0.327 e. The van der Waals surface area contributed by atoms with Gasteiger partial charge in [-0.3, -0.25) is 0 Å². The van der Waals surface area contributed by atoms with E-state index >= 15 is 0 Å². The van der Waals surface area contributed by atoms with Gasteiger partial charge in [0.25, 0.3) is 0 Å². The molecule has 2 aromatic rings. The lowest BCUT2D eigenvalue weighted by atomic mass is 10.0. The second kappa shape index (κ2) is 4.29. The molecule has 0 amide bonds. The molecule has 2 nitrogen and oxygen atoms in total. The first-order valence-electron chi connectivity index (χ1n) is 5.33. The van der Waals surface area contributed by atoms with Gasteiger partial charge >= 0.3 is 0 Å². The third-order valence-electron chi connectivity index (χ3n) is 2.81. The first-order chi connectivity index (χ1) is 7.22. The number of hydrogen-bond acceptors (Lipinski definition) is 3. The summed E-state index contributed by atoms with van der Waals surface area (Å²) in [6.45, 7) is 4.28. The highest BCUT2D eigenvalue weighted by Crippen LogP contribution is 2.29. The van der Waals surface area contributed by atoms with Crippen molar-refractivity contribution in [3.05, 3.63) is 29.3 Å². The molecule has 0 spiro atoms. The first kappa shape index (κ1) is 10.6. The monoisotopic (exact) mass is 220 g/mol. The third kappa shape index (κ3) is 2.03. The van der Waals surface area contributed by atoms with E-state index in [4.69, 9.17) is 5.73 Å². The number of fused-ring (bicyclic) bond motifs is 1. The molecule has 1 aromatic heterocycles. The molecule has 0 aliphatic rings. The van der Waals surface area contributed by atoms with Crippen molar-refractivity contribution in [2.45, 2.75) is 32.2 Å². The zero-order valence-electron chi connectivity index (χ0n) is 9.10. The maximum Gasteiger partial charge on any atom is 0.0982 e. The van der Waals surface area contributed by atoms with Crippen molar-refractivity contribution in [1.29, 1.82) is 0 Å². The van der Waals surface area contributed by atoms with Crippen LogP contribution in [-0.2, 0) is 0 Å². The number of nitrogens with zero attached hydrogens (tertiary/aromatic N) is 1. The topological polar surface area (TPSA) is 38.9 Å². The molecule has 0 aliphatic carbocycles. The highest BCUT2D eigenvalue weighted by atomic mass is 32.1. The van der Waals surface area contributed by atoms with Gasteiger partial charge in [0.05, 0.1) is 15.2 Å². The Bertz CT molecular complexity index is 417. The standard InChI is InChI=1S/C12H16N2S/c1-3-9(13)8(2)12-14-10-6-4-5-7-11(10)15-12/h4-9H,3,13H2,1-2H3. The van der Waals surface area contributed by atoms with Gasteiger partial charge in [-0.15, -0.1) is 11.3 Å². The summed E-state index contributed by atoms with van der Waals surface area (Å²) in [5.74, 6) is 0.354. The molecule has 80 valence electrons. The van der Waals surface area contributed by atoms with Crippen molar-refractivity contribution >= 4 is 21.6 Å². The maximum absolute atomic E-state index is 6.04. The Morgan fingerprint density at radius 2 is 2.13 bits per heavy atom. The van der Waals surface area contributed by atoms with Crippen LogP contribution in [0, 0.1) is 0 Å². The van der Waals surface area contributed by atoms with Crippen LogP contribution in [-0.4, -0.2) is 11.0 Å². The molecule has 0 bridgehead atoms. The van der Waals surface area contributed by atoms with Gasteiger partial charge in [-0.2, -0.15) is 0 Å². The SMILES string of the molecule is CCC(N)C(C)c1nc2ccccc2s1. The third-order valence-corrected chi connectivity index (χ3v) is 4.05. The van der Waals surface area contributed by atoms with Crippen LogP contribution in [0.3, 0.4) is 0 Å². The summed E-state index contributed by atoms with van der Waals surface area (Å²) in [4.78, 5) is 4.62. The number of aromatic nitrogens is 1. The number of hydrogen-bond donors (Lipinski definition) is 1. The number of rotatable bonds is 3. The fourth-order valence-corrected chi connectivity index (χ4v) is 2.72. The molecule has 2 N–H and O–H groups in total. The average Bonchev–Trinajstić information content (AvgIpc) is 2.70. The van der Waals surface area contributed by atoms with E-state index in [0.29, 0.717) is 5.92 Å². The molecule has 0 saturated carbocycles. The van der Waals surface area contributed by atoms with E-state index in [1.54, 1.807) is 11.3 Å². The van der Waals surface area contributed by atoms with Crippen molar-refractivity contribution in [3.63, 3.8) is 0 Å². The second-order valence-corrected chi connectivity index (χ2v) is 4.94. The van der Waals surface area contributed by atoms with Crippen molar-refractivity contribution in [1.82, 2.24) is 4.98 Å². The van der Waals surface area contributed by atoms with Crippen LogP contribution in [0.4, 0.5) is 0 Å². The fourth-order valence-electron chi connectivity index (χ4n) is 1.62. The quantitative estimate of drug-likeness (QED) is 0.863. The van der Waals surface area contributed by atoms with Gasteiger partial charge in [0.1, 0.15) is 0 Å². The summed E-state index contributed by atoms with van der Waals surface area (Å²) in [5.41, 5.74) is 7.13. The van der Waals surface area contributed by atoms with Crippen LogP contribution in [0.15, 0.2) is 24.3 Å². The van der Waals surface area contributed by atoms with Gasteiger partial charge in [0.15, 0.2) is 0 Å². The fraction of sp³-hybridized carbons (Fsp3) is 0.417. The Morgan fingerprint density at radius 1 is 1.40 bits per heavy atom. The Hall–Kier alpha value is -0.930. The van der Waals surface area contributed by atoms with E-state index in [-0.39, 0.29) is 6.04 Å². The maximum atomic E-state index is 6.04. The lowest BCUT2D eigenvalue weighted by Gasteiger charge is -2.14. The van der Waals surface area contributed by atoms with E-state index in [9.17, 15) is 0 Å². The Kier molecular flexibility index (Phi) is 3.03.